The van der Waals surface area contributed by atoms with Crippen molar-refractivity contribution in [1.82, 2.24) is 15.3 Å². The van der Waals surface area contributed by atoms with Crippen molar-refractivity contribution in [1.29, 1.82) is 0 Å². The number of nitrogens with zero attached hydrogens (tertiary/aromatic N) is 2. The SMILES string of the molecule is NC(=O)CNCc1cncnc1. The quantitative estimate of drug-likeness (QED) is 0.604. The highest BCUT2D eigenvalue weighted by Crippen LogP contribution is 1.90. The number of nitrogens with one attached hydrogen (secondary N) is 1. The summed E-state index contributed by atoms with van der Waals surface area (Å²) in [5.74, 6) is -0.369. The predicted molar refractivity (Wildman–Crippen MR) is 42.9 cm³/mol. The fourth-order valence-corrected chi connectivity index (χ4v) is 0.751. The van der Waals surface area contributed by atoms with Crippen molar-refractivity contribution < 1.29 is 4.79 Å². The van der Waals surface area contributed by atoms with Gasteiger partial charge in [0.25, 0.3) is 0 Å². The highest BCUT2D eigenvalue weighted by Gasteiger charge is 1.94. The molecule has 1 amide bonds. The van der Waals surface area contributed by atoms with Gasteiger partial charge in [-0.25, -0.2) is 9.97 Å². The number of aromatic nitrogens is 2. The van der Waals surface area contributed by atoms with Crippen LogP contribution in [0.4, 0.5) is 0 Å². The Morgan fingerprint density at radius 3 is 2.75 bits per heavy atom. The molecule has 5 heteroatoms. The summed E-state index contributed by atoms with van der Waals surface area (Å²) in [5, 5.41) is 2.85. The Hall–Kier alpha value is -1.49. The van der Waals surface area contributed by atoms with Gasteiger partial charge in [-0.05, 0) is 0 Å². The molecular formula is C7H10N4O. The summed E-state index contributed by atoms with van der Waals surface area (Å²) in [6.45, 7) is 0.735. The Morgan fingerprint density at radius 2 is 2.17 bits per heavy atom. The first-order valence-electron chi connectivity index (χ1n) is 3.52. The molecule has 5 nitrogen and oxygen atoms in total. The van der Waals surface area contributed by atoms with E-state index >= 15 is 0 Å². The lowest BCUT2D eigenvalue weighted by Crippen LogP contribution is -2.28. The fourth-order valence-electron chi connectivity index (χ4n) is 0.751. The van der Waals surface area contributed by atoms with Gasteiger partial charge in [0, 0.05) is 24.5 Å². The topological polar surface area (TPSA) is 80.9 Å². The molecule has 0 bridgehead atoms. The van der Waals surface area contributed by atoms with Crippen molar-refractivity contribution in [3.8, 4) is 0 Å². The minimum absolute atomic E-state index is 0.175. The third-order valence-corrected chi connectivity index (χ3v) is 1.24. The van der Waals surface area contributed by atoms with E-state index in [0.717, 1.165) is 5.56 Å². The Labute approximate surface area is 70.0 Å². The van der Waals surface area contributed by atoms with E-state index in [1.165, 1.54) is 6.33 Å². The molecule has 0 radical (unpaired) electrons. The number of amides is 1. The molecule has 0 spiro atoms. The van der Waals surface area contributed by atoms with Crippen LogP contribution in [0.25, 0.3) is 0 Å². The summed E-state index contributed by atoms with van der Waals surface area (Å²) in [6.07, 6.45) is 4.82. The molecule has 12 heavy (non-hydrogen) atoms. The zero-order valence-corrected chi connectivity index (χ0v) is 6.53. The minimum atomic E-state index is -0.369. The molecule has 64 valence electrons. The summed E-state index contributed by atoms with van der Waals surface area (Å²) >= 11 is 0. The Kier molecular flexibility index (Phi) is 3.16. The van der Waals surface area contributed by atoms with E-state index < -0.39 is 0 Å². The van der Waals surface area contributed by atoms with Crippen LogP contribution in [0.1, 0.15) is 5.56 Å². The van der Waals surface area contributed by atoms with Crippen LogP contribution >= 0.6 is 0 Å². The van der Waals surface area contributed by atoms with Gasteiger partial charge in [0.15, 0.2) is 0 Å². The molecule has 0 saturated carbocycles. The lowest BCUT2D eigenvalue weighted by Gasteiger charge is -1.99. The van der Waals surface area contributed by atoms with Gasteiger partial charge in [0.2, 0.25) is 5.91 Å². The number of hydrogen-bond acceptors (Lipinski definition) is 4. The molecule has 0 aliphatic carbocycles. The maximum atomic E-state index is 10.3. The maximum Gasteiger partial charge on any atom is 0.231 e. The standard InChI is InChI=1S/C7H10N4O/c8-7(12)4-9-1-6-2-10-5-11-3-6/h2-3,5,9H,1,4H2,(H2,8,12). The summed E-state index contributed by atoms with van der Waals surface area (Å²) in [6, 6.07) is 0. The van der Waals surface area contributed by atoms with Gasteiger partial charge < -0.3 is 11.1 Å². The molecule has 1 aromatic heterocycles. The first-order valence-corrected chi connectivity index (χ1v) is 3.52. The molecule has 1 aromatic rings. The van der Waals surface area contributed by atoms with E-state index in [9.17, 15) is 4.79 Å². The average molecular weight is 166 g/mol. The number of primary amides is 1. The van der Waals surface area contributed by atoms with Crippen LogP contribution in [0, 0.1) is 0 Å². The van der Waals surface area contributed by atoms with Crippen LogP contribution in [0.5, 0.6) is 0 Å². The van der Waals surface area contributed by atoms with Crippen LogP contribution in [-0.4, -0.2) is 22.4 Å². The second-order valence-electron chi connectivity index (χ2n) is 2.32. The Bertz CT molecular complexity index is 249. The van der Waals surface area contributed by atoms with E-state index in [2.05, 4.69) is 15.3 Å². The molecule has 0 aliphatic rings. The van der Waals surface area contributed by atoms with Gasteiger partial charge in [-0.3, -0.25) is 4.79 Å². The Morgan fingerprint density at radius 1 is 1.50 bits per heavy atom. The molecule has 3 N–H and O–H groups in total. The van der Waals surface area contributed by atoms with Crippen molar-refractivity contribution in [3.63, 3.8) is 0 Å². The second kappa shape index (κ2) is 4.40. The molecule has 1 heterocycles. The third-order valence-electron chi connectivity index (χ3n) is 1.24. The monoisotopic (exact) mass is 166 g/mol. The number of nitrogens with two attached hydrogens (primary N) is 1. The predicted octanol–water partition coefficient (Wildman–Crippen LogP) is -0.948. The minimum Gasteiger partial charge on any atom is -0.369 e. The zero-order chi connectivity index (χ0) is 8.81. The van der Waals surface area contributed by atoms with E-state index in [4.69, 9.17) is 5.73 Å². The fraction of sp³-hybridized carbons (Fsp3) is 0.286. The van der Waals surface area contributed by atoms with Crippen LogP contribution < -0.4 is 11.1 Å². The van der Waals surface area contributed by atoms with Crippen LogP contribution in [0.15, 0.2) is 18.7 Å². The van der Waals surface area contributed by atoms with Gasteiger partial charge >= 0.3 is 0 Å². The third kappa shape index (κ3) is 3.07. The summed E-state index contributed by atoms with van der Waals surface area (Å²) in [7, 11) is 0. The van der Waals surface area contributed by atoms with Gasteiger partial charge in [-0.2, -0.15) is 0 Å². The van der Waals surface area contributed by atoms with Crippen molar-refractivity contribution in [2.75, 3.05) is 6.54 Å². The second-order valence-corrected chi connectivity index (χ2v) is 2.32. The number of carbonyl (C=O) groups is 1. The van der Waals surface area contributed by atoms with Crippen molar-refractivity contribution in [2.24, 2.45) is 5.73 Å². The largest absolute Gasteiger partial charge is 0.369 e. The Balaban J connectivity index is 2.29. The van der Waals surface area contributed by atoms with Crippen LogP contribution in [0.2, 0.25) is 0 Å². The molecule has 0 unspecified atom stereocenters. The van der Waals surface area contributed by atoms with E-state index in [0.29, 0.717) is 6.54 Å². The maximum absolute atomic E-state index is 10.3. The van der Waals surface area contributed by atoms with Gasteiger partial charge in [0.1, 0.15) is 6.33 Å². The average Bonchev–Trinajstić information content (AvgIpc) is 2.05. The first kappa shape index (κ1) is 8.61. The van der Waals surface area contributed by atoms with E-state index in [1.807, 2.05) is 0 Å². The van der Waals surface area contributed by atoms with Crippen LogP contribution in [-0.2, 0) is 11.3 Å². The number of hydrogen-bond donors (Lipinski definition) is 2. The smallest absolute Gasteiger partial charge is 0.231 e. The summed E-state index contributed by atoms with van der Waals surface area (Å²) in [5.41, 5.74) is 5.85. The molecular weight excluding hydrogens is 156 g/mol. The number of carbonyl (C=O) groups excluding carboxylic acids is 1. The summed E-state index contributed by atoms with van der Waals surface area (Å²) in [4.78, 5) is 17.9. The molecule has 0 aliphatic heterocycles. The lowest BCUT2D eigenvalue weighted by atomic mass is 10.3. The van der Waals surface area contributed by atoms with Crippen molar-refractivity contribution >= 4 is 5.91 Å². The van der Waals surface area contributed by atoms with Crippen molar-refractivity contribution in [3.05, 3.63) is 24.3 Å². The molecule has 0 fully saturated rings. The number of rotatable bonds is 4. The molecule has 0 aromatic carbocycles. The van der Waals surface area contributed by atoms with Gasteiger partial charge in [-0.1, -0.05) is 0 Å². The molecule has 1 rings (SSSR count). The molecule has 0 saturated heterocycles. The first-order chi connectivity index (χ1) is 5.79. The van der Waals surface area contributed by atoms with E-state index in [1.54, 1.807) is 12.4 Å². The summed E-state index contributed by atoms with van der Waals surface area (Å²) < 4.78 is 0. The van der Waals surface area contributed by atoms with E-state index in [-0.39, 0.29) is 12.5 Å². The normalized spacial score (nSPS) is 9.67. The highest BCUT2D eigenvalue weighted by atomic mass is 16.1. The van der Waals surface area contributed by atoms with Crippen molar-refractivity contribution in [2.45, 2.75) is 6.54 Å². The highest BCUT2D eigenvalue weighted by molar-refractivity contribution is 5.75. The van der Waals surface area contributed by atoms with Gasteiger partial charge in [-0.15, -0.1) is 0 Å². The van der Waals surface area contributed by atoms with Gasteiger partial charge in [0.05, 0.1) is 6.54 Å². The zero-order valence-electron chi connectivity index (χ0n) is 6.53. The molecule has 0 atom stereocenters. The van der Waals surface area contributed by atoms with Crippen LogP contribution in [0.3, 0.4) is 0 Å². The lowest BCUT2D eigenvalue weighted by molar-refractivity contribution is -0.117.